The lowest BCUT2D eigenvalue weighted by molar-refractivity contribution is 0.221. The minimum atomic E-state index is 0.630. The highest BCUT2D eigenvalue weighted by Gasteiger charge is 2.21. The third kappa shape index (κ3) is 3.28. The van der Waals surface area contributed by atoms with Gasteiger partial charge in [0, 0.05) is 38.4 Å². The van der Waals surface area contributed by atoms with E-state index >= 15 is 0 Å². The zero-order valence-electron chi connectivity index (χ0n) is 12.5. The summed E-state index contributed by atoms with van der Waals surface area (Å²) in [5.74, 6) is 0. The summed E-state index contributed by atoms with van der Waals surface area (Å²) in [5.41, 5.74) is 9.61. The fraction of sp³-hybridized carbons (Fsp3) is 0.625. The van der Waals surface area contributed by atoms with Crippen LogP contribution in [0.4, 0.5) is 5.69 Å². The Morgan fingerprint density at radius 3 is 2.53 bits per heavy atom. The second-order valence-electron chi connectivity index (χ2n) is 5.59. The van der Waals surface area contributed by atoms with Crippen molar-refractivity contribution in [3.8, 4) is 0 Å². The molecule has 0 aromatic heterocycles. The first-order valence-electron chi connectivity index (χ1n) is 7.40. The highest BCUT2D eigenvalue weighted by Crippen LogP contribution is 2.24. The van der Waals surface area contributed by atoms with Crippen molar-refractivity contribution in [2.75, 3.05) is 31.6 Å². The largest absolute Gasteiger partial charge is 0.372 e. The van der Waals surface area contributed by atoms with Crippen molar-refractivity contribution in [2.24, 2.45) is 5.73 Å². The summed E-state index contributed by atoms with van der Waals surface area (Å²) in [4.78, 5) is 4.98. The molecule has 1 saturated heterocycles. The molecule has 106 valence electrons. The van der Waals surface area contributed by atoms with Crippen molar-refractivity contribution in [3.05, 3.63) is 29.3 Å². The van der Waals surface area contributed by atoms with E-state index in [1.54, 1.807) is 0 Å². The predicted octanol–water partition coefficient (Wildman–Crippen LogP) is 2.37. The molecule has 0 aliphatic carbocycles. The van der Waals surface area contributed by atoms with Crippen LogP contribution in [-0.2, 0) is 6.54 Å². The van der Waals surface area contributed by atoms with Gasteiger partial charge >= 0.3 is 0 Å². The number of anilines is 1. The summed E-state index contributed by atoms with van der Waals surface area (Å²) < 4.78 is 0. The predicted molar refractivity (Wildman–Crippen MR) is 82.6 cm³/mol. The third-order valence-electron chi connectivity index (χ3n) is 4.51. The molecule has 2 rings (SSSR count). The second kappa shape index (κ2) is 6.40. The van der Waals surface area contributed by atoms with Crippen LogP contribution in [0.15, 0.2) is 18.2 Å². The number of nitrogens with zero attached hydrogens (tertiary/aromatic N) is 2. The second-order valence-corrected chi connectivity index (χ2v) is 5.59. The lowest BCUT2D eigenvalue weighted by Crippen LogP contribution is -2.43. The van der Waals surface area contributed by atoms with Crippen LogP contribution in [0.5, 0.6) is 0 Å². The zero-order valence-corrected chi connectivity index (χ0v) is 12.5. The smallest absolute Gasteiger partial charge is 0.0368 e. The van der Waals surface area contributed by atoms with Gasteiger partial charge in [-0.3, -0.25) is 0 Å². The molecule has 1 heterocycles. The SMILES string of the molecule is CCN1CCC(N(C)c2ccc(CN)c(C)c2)CC1. The maximum atomic E-state index is 5.73. The number of piperidine rings is 1. The van der Waals surface area contributed by atoms with E-state index in [1.807, 2.05) is 0 Å². The molecule has 1 aliphatic heterocycles. The summed E-state index contributed by atoms with van der Waals surface area (Å²) in [7, 11) is 2.23. The van der Waals surface area contributed by atoms with Gasteiger partial charge in [-0.1, -0.05) is 13.0 Å². The van der Waals surface area contributed by atoms with Gasteiger partial charge in [0.25, 0.3) is 0 Å². The van der Waals surface area contributed by atoms with Crippen molar-refractivity contribution in [1.82, 2.24) is 4.90 Å². The fourth-order valence-corrected chi connectivity index (χ4v) is 2.96. The molecule has 1 aliphatic rings. The van der Waals surface area contributed by atoms with E-state index in [1.165, 1.54) is 49.3 Å². The van der Waals surface area contributed by atoms with Crippen LogP contribution in [-0.4, -0.2) is 37.6 Å². The Kier molecular flexibility index (Phi) is 4.83. The van der Waals surface area contributed by atoms with E-state index in [2.05, 4.69) is 48.9 Å². The van der Waals surface area contributed by atoms with Gasteiger partial charge in [0.2, 0.25) is 0 Å². The lowest BCUT2D eigenvalue weighted by Gasteiger charge is -2.37. The fourth-order valence-electron chi connectivity index (χ4n) is 2.96. The van der Waals surface area contributed by atoms with Crippen LogP contribution in [0.3, 0.4) is 0 Å². The first-order chi connectivity index (χ1) is 9.15. The molecule has 1 aromatic rings. The Hall–Kier alpha value is -1.06. The molecule has 0 amide bonds. The summed E-state index contributed by atoms with van der Waals surface area (Å²) in [5, 5.41) is 0. The molecule has 0 atom stereocenters. The molecule has 1 aromatic carbocycles. The maximum Gasteiger partial charge on any atom is 0.0368 e. The van der Waals surface area contributed by atoms with Gasteiger partial charge in [0.05, 0.1) is 0 Å². The molecule has 0 saturated carbocycles. The lowest BCUT2D eigenvalue weighted by atomic mass is 10.0. The van der Waals surface area contributed by atoms with E-state index in [0.29, 0.717) is 12.6 Å². The van der Waals surface area contributed by atoms with Crippen LogP contribution in [0.1, 0.15) is 30.9 Å². The van der Waals surface area contributed by atoms with Gasteiger partial charge in [-0.05, 0) is 49.6 Å². The molecular weight excluding hydrogens is 234 g/mol. The minimum absolute atomic E-state index is 0.630. The van der Waals surface area contributed by atoms with Gasteiger partial charge in [-0.2, -0.15) is 0 Å². The van der Waals surface area contributed by atoms with Crippen LogP contribution in [0, 0.1) is 6.92 Å². The summed E-state index contributed by atoms with van der Waals surface area (Å²) in [6.07, 6.45) is 2.53. The third-order valence-corrected chi connectivity index (χ3v) is 4.51. The molecule has 0 spiro atoms. The zero-order chi connectivity index (χ0) is 13.8. The van der Waals surface area contributed by atoms with Crippen LogP contribution in [0.25, 0.3) is 0 Å². The Labute approximate surface area is 117 Å². The summed E-state index contributed by atoms with van der Waals surface area (Å²) in [6.45, 7) is 8.67. The number of benzene rings is 1. The topological polar surface area (TPSA) is 32.5 Å². The quantitative estimate of drug-likeness (QED) is 0.903. The molecule has 3 nitrogen and oxygen atoms in total. The highest BCUT2D eigenvalue weighted by atomic mass is 15.2. The molecule has 2 N–H and O–H groups in total. The standard InChI is InChI=1S/C16H27N3/c1-4-19-9-7-15(8-10-19)18(3)16-6-5-14(12-17)13(2)11-16/h5-6,11,15H,4,7-10,12,17H2,1-3H3. The van der Waals surface area contributed by atoms with Crippen molar-refractivity contribution >= 4 is 5.69 Å². The van der Waals surface area contributed by atoms with E-state index < -0.39 is 0 Å². The normalized spacial score (nSPS) is 17.7. The number of hydrogen-bond donors (Lipinski definition) is 1. The van der Waals surface area contributed by atoms with Crippen molar-refractivity contribution in [3.63, 3.8) is 0 Å². The number of nitrogens with two attached hydrogens (primary N) is 1. The van der Waals surface area contributed by atoms with Gasteiger partial charge in [0.1, 0.15) is 0 Å². The monoisotopic (exact) mass is 261 g/mol. The Morgan fingerprint density at radius 2 is 2.00 bits per heavy atom. The molecule has 0 bridgehead atoms. The molecular formula is C16H27N3. The van der Waals surface area contributed by atoms with E-state index in [0.717, 1.165) is 0 Å². The average Bonchev–Trinajstić information content (AvgIpc) is 2.46. The molecule has 0 radical (unpaired) electrons. The van der Waals surface area contributed by atoms with Crippen LogP contribution >= 0.6 is 0 Å². The van der Waals surface area contributed by atoms with Crippen molar-refractivity contribution in [1.29, 1.82) is 0 Å². The first-order valence-corrected chi connectivity index (χ1v) is 7.40. The first kappa shape index (κ1) is 14.4. The number of hydrogen-bond acceptors (Lipinski definition) is 3. The Morgan fingerprint density at radius 1 is 1.32 bits per heavy atom. The number of aryl methyl sites for hydroxylation is 1. The maximum absolute atomic E-state index is 5.73. The summed E-state index contributed by atoms with van der Waals surface area (Å²) in [6, 6.07) is 7.32. The van der Waals surface area contributed by atoms with E-state index in [-0.39, 0.29) is 0 Å². The van der Waals surface area contributed by atoms with Gasteiger partial charge in [0.15, 0.2) is 0 Å². The van der Waals surface area contributed by atoms with Gasteiger partial charge < -0.3 is 15.5 Å². The molecule has 19 heavy (non-hydrogen) atoms. The average molecular weight is 261 g/mol. The van der Waals surface area contributed by atoms with E-state index in [4.69, 9.17) is 5.73 Å². The van der Waals surface area contributed by atoms with Gasteiger partial charge in [-0.15, -0.1) is 0 Å². The van der Waals surface area contributed by atoms with Crippen molar-refractivity contribution < 1.29 is 0 Å². The molecule has 0 unspecified atom stereocenters. The molecule has 1 fully saturated rings. The Balaban J connectivity index is 2.03. The highest BCUT2D eigenvalue weighted by molar-refractivity contribution is 5.51. The molecule has 3 heteroatoms. The van der Waals surface area contributed by atoms with Crippen LogP contribution in [0.2, 0.25) is 0 Å². The van der Waals surface area contributed by atoms with Crippen LogP contribution < -0.4 is 10.6 Å². The summed E-state index contributed by atoms with van der Waals surface area (Å²) >= 11 is 0. The number of rotatable bonds is 4. The van der Waals surface area contributed by atoms with E-state index in [9.17, 15) is 0 Å². The number of likely N-dealkylation sites (tertiary alicyclic amines) is 1. The van der Waals surface area contributed by atoms with Crippen molar-refractivity contribution in [2.45, 2.75) is 39.3 Å². The van der Waals surface area contributed by atoms with Gasteiger partial charge in [-0.25, -0.2) is 0 Å². The Bertz CT molecular complexity index is 408. The minimum Gasteiger partial charge on any atom is -0.372 e.